The third-order valence-corrected chi connectivity index (χ3v) is 9.62. The van der Waals surface area contributed by atoms with Gasteiger partial charge < -0.3 is 9.84 Å². The molecule has 1 heterocycles. The van der Waals surface area contributed by atoms with Crippen LogP contribution in [0.2, 0.25) is 19.6 Å². The number of benzene rings is 1. The number of hydrogen-bond donors (Lipinski definition) is 1. The number of phenolic OH excluding ortho intramolecular Hbond substituents is 1. The SMILES string of the molecule is CCCCCCCCCCCCCCCCC1(C)CCc2c(C[Si](C)(C)C)c(O)c(C)c(C)c2O1. The standard InChI is InChI=1S/C32H58O2Si/c1-8-9-10-11-12-13-14-15-16-17-18-19-20-21-23-32(4)24-22-28-29(25-35(5,6)7)30(33)26(2)27(3)31(28)34-32/h33H,8-25H2,1-7H3. The summed E-state index contributed by atoms with van der Waals surface area (Å²) >= 11 is 0. The van der Waals surface area contributed by atoms with Crippen LogP contribution in [0.25, 0.3) is 0 Å². The maximum atomic E-state index is 10.9. The fourth-order valence-electron chi connectivity index (χ4n) is 5.76. The molecule has 1 unspecified atom stereocenters. The molecule has 1 atom stereocenters. The summed E-state index contributed by atoms with van der Waals surface area (Å²) in [6.45, 7) is 16.0. The monoisotopic (exact) mass is 502 g/mol. The molecule has 0 spiro atoms. The minimum absolute atomic E-state index is 0.0608. The van der Waals surface area contributed by atoms with Crippen LogP contribution in [0.1, 0.15) is 139 Å². The van der Waals surface area contributed by atoms with Crippen LogP contribution in [0, 0.1) is 13.8 Å². The zero-order valence-corrected chi connectivity index (χ0v) is 25.6. The predicted molar refractivity (Wildman–Crippen MR) is 157 cm³/mol. The number of phenols is 1. The lowest BCUT2D eigenvalue weighted by Crippen LogP contribution is -2.37. The molecule has 2 nitrogen and oxygen atoms in total. The third kappa shape index (κ3) is 10.1. The van der Waals surface area contributed by atoms with Crippen LogP contribution in [0.5, 0.6) is 11.5 Å². The molecule has 1 aliphatic heterocycles. The Kier molecular flexibility index (Phi) is 12.7. The van der Waals surface area contributed by atoms with E-state index in [1.54, 1.807) is 0 Å². The molecule has 0 amide bonds. The average molecular weight is 503 g/mol. The summed E-state index contributed by atoms with van der Waals surface area (Å²) in [4.78, 5) is 0. The van der Waals surface area contributed by atoms with Crippen LogP contribution in [0.3, 0.4) is 0 Å². The van der Waals surface area contributed by atoms with E-state index in [0.29, 0.717) is 5.75 Å². The van der Waals surface area contributed by atoms with Crippen molar-refractivity contribution >= 4 is 8.07 Å². The second kappa shape index (κ2) is 14.7. The van der Waals surface area contributed by atoms with Gasteiger partial charge in [0.2, 0.25) is 0 Å². The highest BCUT2D eigenvalue weighted by Gasteiger charge is 2.35. The maximum absolute atomic E-state index is 10.9. The van der Waals surface area contributed by atoms with Crippen molar-refractivity contribution in [3.05, 3.63) is 22.3 Å². The molecule has 0 bridgehead atoms. The quantitative estimate of drug-likeness (QED) is 0.169. The van der Waals surface area contributed by atoms with Crippen LogP contribution in [0.15, 0.2) is 0 Å². The number of aromatic hydroxyl groups is 1. The Bertz CT molecular complexity index is 764. The van der Waals surface area contributed by atoms with Crippen molar-refractivity contribution in [1.82, 2.24) is 0 Å². The molecule has 2 rings (SSSR count). The van der Waals surface area contributed by atoms with Crippen molar-refractivity contribution in [2.24, 2.45) is 0 Å². The Morgan fingerprint density at radius 2 is 1.26 bits per heavy atom. The zero-order chi connectivity index (χ0) is 25.9. The Hall–Kier alpha value is -0.963. The lowest BCUT2D eigenvalue weighted by atomic mass is 9.84. The molecular formula is C32H58O2Si. The zero-order valence-electron chi connectivity index (χ0n) is 24.6. The average Bonchev–Trinajstić information content (AvgIpc) is 2.80. The van der Waals surface area contributed by atoms with E-state index in [9.17, 15) is 5.11 Å². The number of fused-ring (bicyclic) bond motifs is 1. The summed E-state index contributed by atoms with van der Waals surface area (Å²) < 4.78 is 6.76. The molecule has 1 aromatic rings. The largest absolute Gasteiger partial charge is 0.507 e. The summed E-state index contributed by atoms with van der Waals surface area (Å²) in [5.74, 6) is 1.62. The molecule has 0 saturated carbocycles. The molecule has 0 radical (unpaired) electrons. The van der Waals surface area contributed by atoms with Gasteiger partial charge in [-0.1, -0.05) is 110 Å². The van der Waals surface area contributed by atoms with E-state index < -0.39 is 8.07 Å². The third-order valence-electron chi connectivity index (χ3n) is 8.20. The van der Waals surface area contributed by atoms with Gasteiger partial charge in [0, 0.05) is 13.6 Å². The van der Waals surface area contributed by atoms with Gasteiger partial charge in [-0.3, -0.25) is 0 Å². The maximum Gasteiger partial charge on any atom is 0.127 e. The van der Waals surface area contributed by atoms with E-state index in [0.717, 1.165) is 42.2 Å². The highest BCUT2D eigenvalue weighted by atomic mass is 28.3. The van der Waals surface area contributed by atoms with E-state index >= 15 is 0 Å². The van der Waals surface area contributed by atoms with Crippen molar-refractivity contribution in [2.45, 2.75) is 168 Å². The topological polar surface area (TPSA) is 29.5 Å². The molecule has 1 aliphatic rings. The van der Waals surface area contributed by atoms with E-state index in [4.69, 9.17) is 4.74 Å². The summed E-state index contributed by atoms with van der Waals surface area (Å²) in [5.41, 5.74) is 4.57. The van der Waals surface area contributed by atoms with Gasteiger partial charge >= 0.3 is 0 Å². The molecule has 0 saturated heterocycles. The minimum atomic E-state index is -1.33. The van der Waals surface area contributed by atoms with Gasteiger partial charge in [0.1, 0.15) is 17.1 Å². The summed E-state index contributed by atoms with van der Waals surface area (Å²) in [6, 6.07) is 1.03. The van der Waals surface area contributed by atoms with Crippen molar-refractivity contribution in [3.63, 3.8) is 0 Å². The summed E-state index contributed by atoms with van der Waals surface area (Å²) in [7, 11) is -1.33. The molecule has 0 aliphatic carbocycles. The van der Waals surface area contributed by atoms with Crippen LogP contribution in [0.4, 0.5) is 0 Å². The van der Waals surface area contributed by atoms with Gasteiger partial charge in [0.25, 0.3) is 0 Å². The molecule has 1 N–H and O–H groups in total. The number of ether oxygens (including phenoxy) is 1. The van der Waals surface area contributed by atoms with Crippen LogP contribution in [-0.2, 0) is 12.5 Å². The van der Waals surface area contributed by atoms with Gasteiger partial charge in [-0.25, -0.2) is 0 Å². The number of rotatable bonds is 17. The first kappa shape index (κ1) is 30.3. The number of hydrogen-bond acceptors (Lipinski definition) is 2. The molecule has 0 aromatic heterocycles. The van der Waals surface area contributed by atoms with Crippen LogP contribution >= 0.6 is 0 Å². The lowest BCUT2D eigenvalue weighted by molar-refractivity contribution is 0.0521. The Morgan fingerprint density at radius 1 is 0.771 bits per heavy atom. The highest BCUT2D eigenvalue weighted by Crippen LogP contribution is 2.45. The van der Waals surface area contributed by atoms with Gasteiger partial charge in [0.05, 0.1) is 0 Å². The minimum Gasteiger partial charge on any atom is -0.507 e. The molecular weight excluding hydrogens is 444 g/mol. The number of unbranched alkanes of at least 4 members (excludes halogenated alkanes) is 13. The Morgan fingerprint density at radius 3 is 1.74 bits per heavy atom. The lowest BCUT2D eigenvalue weighted by Gasteiger charge is -2.39. The highest BCUT2D eigenvalue weighted by molar-refractivity contribution is 6.75. The molecule has 35 heavy (non-hydrogen) atoms. The van der Waals surface area contributed by atoms with E-state index in [1.807, 2.05) is 0 Å². The molecule has 0 fully saturated rings. The predicted octanol–water partition coefficient (Wildman–Crippen LogP) is 10.4. The van der Waals surface area contributed by atoms with Gasteiger partial charge in [0.15, 0.2) is 0 Å². The van der Waals surface area contributed by atoms with Crippen LogP contribution in [-0.4, -0.2) is 18.8 Å². The summed E-state index contributed by atoms with van der Waals surface area (Å²) in [5, 5.41) is 10.9. The Labute approximate surface area is 219 Å². The van der Waals surface area contributed by atoms with Gasteiger partial charge in [-0.2, -0.15) is 0 Å². The van der Waals surface area contributed by atoms with Gasteiger partial charge in [-0.15, -0.1) is 0 Å². The first-order chi connectivity index (χ1) is 16.6. The molecule has 1 aromatic carbocycles. The first-order valence-electron chi connectivity index (χ1n) is 15.1. The Balaban J connectivity index is 1.70. The van der Waals surface area contributed by atoms with Gasteiger partial charge in [-0.05, 0) is 69.2 Å². The van der Waals surface area contributed by atoms with E-state index in [1.165, 1.54) is 101 Å². The van der Waals surface area contributed by atoms with Crippen molar-refractivity contribution in [1.29, 1.82) is 0 Å². The van der Waals surface area contributed by atoms with Crippen molar-refractivity contribution < 1.29 is 9.84 Å². The fraction of sp³-hybridized carbons (Fsp3) is 0.812. The molecule has 3 heteroatoms. The van der Waals surface area contributed by atoms with E-state index in [2.05, 4.69) is 47.3 Å². The first-order valence-corrected chi connectivity index (χ1v) is 18.8. The second-order valence-electron chi connectivity index (χ2n) is 13.0. The normalized spacial score (nSPS) is 17.9. The van der Waals surface area contributed by atoms with E-state index in [-0.39, 0.29) is 5.60 Å². The summed E-state index contributed by atoms with van der Waals surface area (Å²) in [6.07, 6.45) is 22.9. The second-order valence-corrected chi connectivity index (χ2v) is 18.5. The van der Waals surface area contributed by atoms with Crippen LogP contribution < -0.4 is 4.74 Å². The van der Waals surface area contributed by atoms with Crippen molar-refractivity contribution in [2.75, 3.05) is 0 Å². The fourth-order valence-corrected chi connectivity index (χ4v) is 7.20. The molecule has 202 valence electrons. The smallest absolute Gasteiger partial charge is 0.127 e. The van der Waals surface area contributed by atoms with Crippen molar-refractivity contribution in [3.8, 4) is 11.5 Å².